The number of benzene rings is 1. The number of aromatic nitrogens is 2. The van der Waals surface area contributed by atoms with Gasteiger partial charge in [0, 0.05) is 19.2 Å². The van der Waals surface area contributed by atoms with Gasteiger partial charge in [-0.05, 0) is 48.9 Å². The average Bonchev–Trinajstić information content (AvgIpc) is 3.60. The van der Waals surface area contributed by atoms with Crippen molar-refractivity contribution in [3.63, 3.8) is 0 Å². The Balaban J connectivity index is 1.34. The molecule has 1 saturated carbocycles. The van der Waals surface area contributed by atoms with Gasteiger partial charge in [-0.15, -0.1) is 0 Å². The number of hydrogen-bond acceptors (Lipinski definition) is 8. The van der Waals surface area contributed by atoms with E-state index in [9.17, 15) is 18.0 Å². The topological polar surface area (TPSA) is 139 Å². The highest BCUT2D eigenvalue weighted by Crippen LogP contribution is 2.36. The molecular weight excluding hydrogens is 540 g/mol. The Kier molecular flexibility index (Phi) is 8.03. The highest BCUT2D eigenvalue weighted by Gasteiger charge is 2.33. The molecule has 1 aliphatic carbocycles. The van der Waals surface area contributed by atoms with E-state index in [-0.39, 0.29) is 36.7 Å². The summed E-state index contributed by atoms with van der Waals surface area (Å²) >= 11 is 1.28. The number of ether oxygens (including phenoxy) is 1. The molecule has 0 bridgehead atoms. The van der Waals surface area contributed by atoms with Crippen molar-refractivity contribution in [2.75, 3.05) is 25.5 Å². The molecule has 2 aliphatic rings. The van der Waals surface area contributed by atoms with E-state index in [0.717, 1.165) is 31.2 Å². The molecule has 3 aromatic rings. The Bertz CT molecular complexity index is 1440. The Morgan fingerprint density at radius 3 is 2.41 bits per heavy atom. The first-order chi connectivity index (χ1) is 18.7. The molecule has 2 N–H and O–H groups in total. The van der Waals surface area contributed by atoms with Crippen LogP contribution in [-0.4, -0.2) is 65.8 Å². The molecule has 2 aromatic heterocycles. The average molecular weight is 573 g/mol. The van der Waals surface area contributed by atoms with Gasteiger partial charge in [0.05, 0.1) is 23.2 Å². The largest absolute Gasteiger partial charge is 0.481 e. The Hall–Kier alpha value is -3.25. The lowest BCUT2D eigenvalue weighted by atomic mass is 9.87. The van der Waals surface area contributed by atoms with Crippen LogP contribution in [-0.2, 0) is 14.6 Å². The molecule has 2 amide bonds. The van der Waals surface area contributed by atoms with Crippen molar-refractivity contribution in [1.82, 2.24) is 14.9 Å². The summed E-state index contributed by atoms with van der Waals surface area (Å²) in [6.07, 6.45) is 4.67. The zero-order chi connectivity index (χ0) is 27.6. The van der Waals surface area contributed by atoms with Gasteiger partial charge in [0.25, 0.3) is 0 Å². The number of sulfone groups is 1. The number of amides is 2. The molecular formula is C27H32N4O6S2. The minimum Gasteiger partial charge on any atom is -0.481 e. The number of pyridine rings is 1. The number of likely N-dealkylation sites (tertiary alicyclic amines) is 1. The Morgan fingerprint density at radius 2 is 1.77 bits per heavy atom. The van der Waals surface area contributed by atoms with Crippen LogP contribution in [0, 0.1) is 5.92 Å². The van der Waals surface area contributed by atoms with E-state index in [1.807, 2.05) is 0 Å². The van der Waals surface area contributed by atoms with Gasteiger partial charge in [0.2, 0.25) is 11.8 Å². The quantitative estimate of drug-likeness (QED) is 0.388. The number of nitrogens with one attached hydrogen (secondary N) is 1. The molecule has 39 heavy (non-hydrogen) atoms. The fraction of sp³-hybridized carbons (Fsp3) is 0.481. The number of carbonyl (C=O) groups is 2. The zero-order valence-corrected chi connectivity index (χ0v) is 23.3. The standard InChI is InChI=1S/C27H32N4O6S2/c1-37-23-11-10-22-25(29-23)38-26(28-22)30-24(32)21(16-17-4-2-3-5-17)18-6-8-19(9-7-18)39(35,36)20-12-14-31(15-13-20)27(33)34/h6-11,17,20-21H,2-5,12-16H2,1H3,(H,33,34)(H,28,30,32). The third kappa shape index (κ3) is 6.01. The van der Waals surface area contributed by atoms with Gasteiger partial charge in [-0.3, -0.25) is 4.79 Å². The summed E-state index contributed by atoms with van der Waals surface area (Å²) in [5, 5.41) is 12.0. The Labute approximate surface area is 231 Å². The highest BCUT2D eigenvalue weighted by atomic mass is 32.2. The summed E-state index contributed by atoms with van der Waals surface area (Å²) in [4.78, 5) is 35.7. The molecule has 0 radical (unpaired) electrons. The molecule has 3 heterocycles. The molecule has 1 atom stereocenters. The highest BCUT2D eigenvalue weighted by molar-refractivity contribution is 7.92. The molecule has 1 unspecified atom stereocenters. The smallest absolute Gasteiger partial charge is 0.407 e. The summed E-state index contributed by atoms with van der Waals surface area (Å²) in [7, 11) is -2.07. The van der Waals surface area contributed by atoms with Crippen molar-refractivity contribution < 1.29 is 27.9 Å². The van der Waals surface area contributed by atoms with Gasteiger partial charge in [-0.25, -0.2) is 23.2 Å². The summed E-state index contributed by atoms with van der Waals surface area (Å²) in [5.74, 6) is 0.290. The second kappa shape index (κ2) is 11.5. The summed E-state index contributed by atoms with van der Waals surface area (Å²) in [6.45, 7) is 0.407. The van der Waals surface area contributed by atoms with Crippen molar-refractivity contribution in [3.05, 3.63) is 42.0 Å². The number of hydrogen-bond donors (Lipinski definition) is 2. The lowest BCUT2D eigenvalue weighted by molar-refractivity contribution is -0.118. The number of methoxy groups -OCH3 is 1. The van der Waals surface area contributed by atoms with Crippen LogP contribution in [0.25, 0.3) is 10.3 Å². The lowest BCUT2D eigenvalue weighted by Crippen LogP contribution is -2.41. The van der Waals surface area contributed by atoms with E-state index in [2.05, 4.69) is 15.3 Å². The van der Waals surface area contributed by atoms with Crippen LogP contribution >= 0.6 is 11.3 Å². The molecule has 0 spiro atoms. The third-order valence-electron chi connectivity index (χ3n) is 7.79. The number of nitrogens with zero attached hydrogens (tertiary/aromatic N) is 3. The second-order valence-corrected chi connectivity index (χ2v) is 13.4. The van der Waals surface area contributed by atoms with E-state index in [0.29, 0.717) is 33.7 Å². The number of carbonyl (C=O) groups excluding carboxylic acids is 1. The maximum Gasteiger partial charge on any atom is 0.407 e. The predicted octanol–water partition coefficient (Wildman–Crippen LogP) is 4.92. The van der Waals surface area contributed by atoms with E-state index >= 15 is 0 Å². The number of carboxylic acid groups (broad SMARTS) is 1. The Morgan fingerprint density at radius 1 is 1.08 bits per heavy atom. The minimum absolute atomic E-state index is 0.176. The summed E-state index contributed by atoms with van der Waals surface area (Å²) in [6, 6.07) is 10.2. The van der Waals surface area contributed by atoms with E-state index in [1.165, 1.54) is 16.2 Å². The van der Waals surface area contributed by atoms with Crippen LogP contribution in [0.15, 0.2) is 41.3 Å². The first kappa shape index (κ1) is 27.3. The van der Waals surface area contributed by atoms with Crippen molar-refractivity contribution in [2.24, 2.45) is 5.92 Å². The number of rotatable bonds is 8. The van der Waals surface area contributed by atoms with Crippen LogP contribution in [0.5, 0.6) is 5.88 Å². The number of anilines is 1. The van der Waals surface area contributed by atoms with Gasteiger partial charge in [-0.2, -0.15) is 0 Å². The van der Waals surface area contributed by atoms with Crippen LogP contribution in [0.4, 0.5) is 9.93 Å². The van der Waals surface area contributed by atoms with Crippen LogP contribution in [0.2, 0.25) is 0 Å². The van der Waals surface area contributed by atoms with Crippen LogP contribution in [0.1, 0.15) is 56.4 Å². The van der Waals surface area contributed by atoms with Gasteiger partial charge in [-0.1, -0.05) is 49.2 Å². The number of thiazole rings is 1. The summed E-state index contributed by atoms with van der Waals surface area (Å²) < 4.78 is 31.7. The zero-order valence-electron chi connectivity index (χ0n) is 21.7. The molecule has 1 saturated heterocycles. The molecule has 5 rings (SSSR count). The first-order valence-corrected chi connectivity index (χ1v) is 15.5. The lowest BCUT2D eigenvalue weighted by Gasteiger charge is -2.29. The van der Waals surface area contributed by atoms with Crippen LogP contribution in [0.3, 0.4) is 0 Å². The van der Waals surface area contributed by atoms with Crippen molar-refractivity contribution in [3.8, 4) is 5.88 Å². The fourth-order valence-corrected chi connectivity index (χ4v) is 8.14. The summed E-state index contributed by atoms with van der Waals surface area (Å²) in [5.41, 5.74) is 1.44. The van der Waals surface area contributed by atoms with Crippen molar-refractivity contribution in [1.29, 1.82) is 0 Å². The molecule has 1 aliphatic heterocycles. The number of piperidine rings is 1. The second-order valence-electron chi connectivity index (χ2n) is 10.2. The van der Waals surface area contributed by atoms with Gasteiger partial charge in [0.15, 0.2) is 15.0 Å². The molecule has 2 fully saturated rings. The first-order valence-electron chi connectivity index (χ1n) is 13.2. The maximum atomic E-state index is 13.6. The minimum atomic E-state index is -3.61. The fourth-order valence-electron chi connectivity index (χ4n) is 5.57. The third-order valence-corrected chi connectivity index (χ3v) is 11.0. The van der Waals surface area contributed by atoms with Gasteiger partial charge in [0.1, 0.15) is 10.3 Å². The van der Waals surface area contributed by atoms with Gasteiger partial charge >= 0.3 is 6.09 Å². The predicted molar refractivity (Wildman–Crippen MR) is 148 cm³/mol. The maximum absolute atomic E-state index is 13.6. The van der Waals surface area contributed by atoms with Crippen LogP contribution < -0.4 is 10.1 Å². The molecule has 12 heteroatoms. The van der Waals surface area contributed by atoms with E-state index < -0.39 is 27.1 Å². The molecule has 10 nitrogen and oxygen atoms in total. The van der Waals surface area contributed by atoms with Crippen molar-refractivity contribution >= 4 is 48.7 Å². The molecule has 1 aromatic carbocycles. The monoisotopic (exact) mass is 572 g/mol. The normalized spacial score (nSPS) is 17.8. The van der Waals surface area contributed by atoms with E-state index in [4.69, 9.17) is 9.84 Å². The number of fused-ring (bicyclic) bond motifs is 1. The van der Waals surface area contributed by atoms with Crippen molar-refractivity contribution in [2.45, 2.75) is 61.0 Å². The van der Waals surface area contributed by atoms with E-state index in [1.54, 1.807) is 43.5 Å². The molecule has 208 valence electrons. The SMILES string of the molecule is COc1ccc2nc(NC(=O)C(CC3CCCC3)c3ccc(S(=O)(=O)C4CCN(C(=O)O)CC4)cc3)sc2n1. The van der Waals surface area contributed by atoms with Gasteiger partial charge < -0.3 is 20.1 Å².